The molecule has 4 rings (SSSR count). The molecular formula is C19H14BrCl2N5O. The summed E-state index contributed by atoms with van der Waals surface area (Å²) in [6, 6.07) is 12.9. The van der Waals surface area contributed by atoms with Crippen LogP contribution in [0.15, 0.2) is 53.3 Å². The quantitative estimate of drug-likeness (QED) is 0.433. The molecule has 0 saturated carbocycles. The van der Waals surface area contributed by atoms with Crippen molar-refractivity contribution in [2.75, 3.05) is 5.73 Å². The van der Waals surface area contributed by atoms with Crippen LogP contribution in [-0.4, -0.2) is 19.5 Å². The molecule has 28 heavy (non-hydrogen) atoms. The molecule has 0 fully saturated rings. The van der Waals surface area contributed by atoms with Crippen molar-refractivity contribution in [1.82, 2.24) is 19.5 Å². The molecule has 2 aromatic carbocycles. The Kier molecular flexibility index (Phi) is 5.39. The van der Waals surface area contributed by atoms with Gasteiger partial charge in [-0.3, -0.25) is 0 Å². The normalized spacial score (nSPS) is 11.1. The largest absolute Gasteiger partial charge is 0.486 e. The maximum absolute atomic E-state index is 6.29. The maximum atomic E-state index is 6.29. The lowest BCUT2D eigenvalue weighted by molar-refractivity contribution is 0.297. The Morgan fingerprint density at radius 2 is 1.75 bits per heavy atom. The Labute approximate surface area is 179 Å². The maximum Gasteiger partial charge on any atom is 0.169 e. The number of hydrogen-bond acceptors (Lipinski definition) is 5. The zero-order valence-corrected chi connectivity index (χ0v) is 17.5. The summed E-state index contributed by atoms with van der Waals surface area (Å²) in [7, 11) is 0. The van der Waals surface area contributed by atoms with E-state index in [1.807, 2.05) is 28.8 Å². The van der Waals surface area contributed by atoms with E-state index in [0.29, 0.717) is 39.8 Å². The molecule has 0 aromatic heterocycles. The second kappa shape index (κ2) is 7.95. The van der Waals surface area contributed by atoms with Crippen LogP contribution in [0, 0.1) is 0 Å². The van der Waals surface area contributed by atoms with Crippen LogP contribution in [0.25, 0.3) is 11.5 Å². The van der Waals surface area contributed by atoms with Gasteiger partial charge in [0.25, 0.3) is 0 Å². The zero-order valence-electron chi connectivity index (χ0n) is 14.4. The number of imidazole rings is 1. The average Bonchev–Trinajstić information content (AvgIpc) is 3.11. The van der Waals surface area contributed by atoms with Crippen molar-refractivity contribution in [3.63, 3.8) is 0 Å². The summed E-state index contributed by atoms with van der Waals surface area (Å²) in [6.45, 7) is 0.608. The highest BCUT2D eigenvalue weighted by molar-refractivity contribution is 9.10. The van der Waals surface area contributed by atoms with E-state index in [-0.39, 0.29) is 6.61 Å². The number of hydrogen-bond donors (Lipinski definition) is 1. The molecule has 2 N–H and O–H groups in total. The van der Waals surface area contributed by atoms with E-state index < -0.39 is 0 Å². The van der Waals surface area contributed by atoms with E-state index in [1.165, 1.54) is 0 Å². The number of nitrogens with zero attached hydrogens (tertiary/aromatic N) is 4. The number of fused-ring (bicyclic) bond motifs is 1. The van der Waals surface area contributed by atoms with E-state index in [9.17, 15) is 0 Å². The molecule has 9 heteroatoms. The van der Waals surface area contributed by atoms with Crippen LogP contribution in [0.5, 0.6) is 5.75 Å². The third-order valence-corrected chi connectivity index (χ3v) is 5.35. The van der Waals surface area contributed by atoms with Gasteiger partial charge < -0.3 is 15.0 Å². The minimum Gasteiger partial charge on any atom is -0.486 e. The topological polar surface area (TPSA) is 78.8 Å². The van der Waals surface area contributed by atoms with Gasteiger partial charge in [-0.05, 0) is 36.4 Å². The second-order valence-electron chi connectivity index (χ2n) is 6.01. The molecule has 0 amide bonds. The van der Waals surface area contributed by atoms with Gasteiger partial charge in [-0.25, -0.2) is 15.0 Å². The number of aromatic nitrogens is 4. The molecule has 142 valence electrons. The lowest BCUT2D eigenvalue weighted by atomic mass is 10.2. The van der Waals surface area contributed by atoms with Crippen LogP contribution in [0.1, 0.15) is 11.4 Å². The van der Waals surface area contributed by atoms with Gasteiger partial charge in [-0.1, -0.05) is 45.2 Å². The van der Waals surface area contributed by atoms with Crippen LogP contribution >= 0.6 is 39.1 Å². The first-order valence-corrected chi connectivity index (χ1v) is 9.84. The van der Waals surface area contributed by atoms with Gasteiger partial charge in [-0.2, -0.15) is 0 Å². The number of anilines is 1. The van der Waals surface area contributed by atoms with Gasteiger partial charge >= 0.3 is 0 Å². The van der Waals surface area contributed by atoms with Crippen LogP contribution in [-0.2, 0) is 13.2 Å². The van der Waals surface area contributed by atoms with Gasteiger partial charge in [-0.15, -0.1) is 0 Å². The smallest absolute Gasteiger partial charge is 0.169 e. The van der Waals surface area contributed by atoms with Crippen LogP contribution in [0.2, 0.25) is 10.0 Å². The number of nitrogen functional groups attached to an aromatic ring is 1. The van der Waals surface area contributed by atoms with E-state index in [4.69, 9.17) is 33.7 Å². The van der Waals surface area contributed by atoms with Gasteiger partial charge in [0.15, 0.2) is 23.2 Å². The Bertz CT molecular complexity index is 1080. The predicted molar refractivity (Wildman–Crippen MR) is 113 cm³/mol. The van der Waals surface area contributed by atoms with Crippen molar-refractivity contribution >= 4 is 44.9 Å². The Morgan fingerprint density at radius 3 is 2.46 bits per heavy atom. The number of nitrogens with two attached hydrogens (primary N) is 1. The van der Waals surface area contributed by atoms with Crippen molar-refractivity contribution in [2.24, 2.45) is 0 Å². The van der Waals surface area contributed by atoms with Crippen LogP contribution in [0.3, 0.4) is 0 Å². The lowest BCUT2D eigenvalue weighted by Crippen LogP contribution is -2.09. The minimum absolute atomic E-state index is 0.211. The highest BCUT2D eigenvalue weighted by Gasteiger charge is 2.20. The molecule has 0 spiro atoms. The van der Waals surface area contributed by atoms with Gasteiger partial charge in [0.05, 0.1) is 12.9 Å². The molecule has 0 saturated heterocycles. The SMILES string of the molecule is Nc1ncn(Cc2c(Cl)cccc2Cl)c2nc(COc3ccc(Br)cc3)nc1-2. The fourth-order valence-corrected chi connectivity index (χ4v) is 3.49. The third-order valence-electron chi connectivity index (χ3n) is 4.11. The Hall–Kier alpha value is -2.35. The number of halogens is 3. The molecular weight excluding hydrogens is 465 g/mol. The number of ether oxygens (including phenoxy) is 1. The molecule has 2 aliphatic rings. The molecule has 0 radical (unpaired) electrons. The molecule has 2 aliphatic heterocycles. The first-order valence-electron chi connectivity index (χ1n) is 8.30. The molecule has 0 aliphatic carbocycles. The first kappa shape index (κ1) is 19.0. The first-order chi connectivity index (χ1) is 13.5. The molecule has 2 heterocycles. The van der Waals surface area contributed by atoms with Crippen LogP contribution < -0.4 is 10.5 Å². The fraction of sp³-hybridized carbons (Fsp3) is 0.105. The van der Waals surface area contributed by atoms with Gasteiger partial charge in [0.2, 0.25) is 0 Å². The highest BCUT2D eigenvalue weighted by atomic mass is 79.9. The van der Waals surface area contributed by atoms with Crippen LogP contribution in [0.4, 0.5) is 5.82 Å². The summed E-state index contributed by atoms with van der Waals surface area (Å²) in [6.07, 6.45) is 1.60. The zero-order chi connectivity index (χ0) is 19.7. The third kappa shape index (κ3) is 3.92. The summed E-state index contributed by atoms with van der Waals surface area (Å²) in [5, 5.41) is 1.14. The predicted octanol–water partition coefficient (Wildman–Crippen LogP) is 5.06. The fourth-order valence-electron chi connectivity index (χ4n) is 2.71. The summed E-state index contributed by atoms with van der Waals surface area (Å²) < 4.78 is 8.55. The second-order valence-corrected chi connectivity index (χ2v) is 7.74. The van der Waals surface area contributed by atoms with Gasteiger partial charge in [0, 0.05) is 20.1 Å². The highest BCUT2D eigenvalue weighted by Crippen LogP contribution is 2.29. The average molecular weight is 479 g/mol. The molecule has 0 atom stereocenters. The summed E-state index contributed by atoms with van der Waals surface area (Å²) in [4.78, 5) is 13.3. The Morgan fingerprint density at radius 1 is 1.04 bits per heavy atom. The van der Waals surface area contributed by atoms with E-state index >= 15 is 0 Å². The molecule has 0 bridgehead atoms. The van der Waals surface area contributed by atoms with E-state index in [1.54, 1.807) is 24.5 Å². The van der Waals surface area contributed by atoms with E-state index in [0.717, 1.165) is 15.8 Å². The standard InChI is InChI=1S/C19H14BrCl2N5O/c20-11-4-6-12(7-5-11)28-9-16-25-17-18(23)24-10-27(19(17)26-16)8-13-14(21)2-1-3-15(13)22/h1-7,10H,8-9,23H2. The summed E-state index contributed by atoms with van der Waals surface area (Å²) in [5.74, 6) is 2.13. The van der Waals surface area contributed by atoms with Crippen molar-refractivity contribution in [2.45, 2.75) is 13.2 Å². The van der Waals surface area contributed by atoms with Gasteiger partial charge in [0.1, 0.15) is 12.4 Å². The molecule has 2 aromatic rings. The van der Waals surface area contributed by atoms with Crippen molar-refractivity contribution in [1.29, 1.82) is 0 Å². The lowest BCUT2D eigenvalue weighted by Gasteiger charge is -2.13. The van der Waals surface area contributed by atoms with E-state index in [2.05, 4.69) is 30.9 Å². The minimum atomic E-state index is 0.211. The van der Waals surface area contributed by atoms with Crippen molar-refractivity contribution in [3.8, 4) is 17.3 Å². The summed E-state index contributed by atoms with van der Waals surface area (Å²) >= 11 is 16.0. The number of benzene rings is 2. The number of rotatable bonds is 5. The molecule has 6 nitrogen and oxygen atoms in total. The van der Waals surface area contributed by atoms with Crippen molar-refractivity contribution < 1.29 is 4.74 Å². The van der Waals surface area contributed by atoms with Crippen molar-refractivity contribution in [3.05, 3.63) is 74.7 Å². The summed E-state index contributed by atoms with van der Waals surface area (Å²) in [5.41, 5.74) is 7.28. The molecule has 0 unspecified atom stereocenters. The monoisotopic (exact) mass is 477 g/mol. The Balaban J connectivity index is 1.62.